The molecule has 0 spiro atoms. The lowest BCUT2D eigenvalue weighted by molar-refractivity contribution is 0.909. The highest BCUT2D eigenvalue weighted by Crippen LogP contribution is 2.47. The monoisotopic (exact) mass is 423 g/mol. The molecule has 2 heterocycles. The number of aromatic amines is 2. The second kappa shape index (κ2) is 6.63. The number of fused-ring (bicyclic) bond motifs is 2. The van der Waals surface area contributed by atoms with Crippen LogP contribution in [0.15, 0.2) is 66.9 Å². The van der Waals surface area contributed by atoms with Crippen LogP contribution in [0.1, 0.15) is 18.4 Å². The van der Waals surface area contributed by atoms with Gasteiger partial charge in [0.2, 0.25) is 5.95 Å². The molecule has 31 heavy (non-hydrogen) atoms. The number of halogens is 1. The molecular weight excluding hydrogens is 406 g/mol. The Morgan fingerprint density at radius 3 is 2.55 bits per heavy atom. The molecule has 0 radical (unpaired) electrons. The molecule has 0 amide bonds. The number of nitrogens with zero attached hydrogens (tertiary/aromatic N) is 2. The van der Waals surface area contributed by atoms with E-state index in [1.807, 2.05) is 30.5 Å². The summed E-state index contributed by atoms with van der Waals surface area (Å²) in [5.41, 5.74) is 6.76. The van der Waals surface area contributed by atoms with Crippen molar-refractivity contribution >= 4 is 45.2 Å². The highest BCUT2D eigenvalue weighted by Gasteiger charge is 2.44. The van der Waals surface area contributed by atoms with E-state index in [-0.39, 0.29) is 5.41 Å². The number of hydrogen-bond acceptors (Lipinski definition) is 3. The first-order valence-electron chi connectivity index (χ1n) is 10.2. The van der Waals surface area contributed by atoms with E-state index in [9.17, 15) is 5.26 Å². The summed E-state index contributed by atoms with van der Waals surface area (Å²) in [6.45, 7) is 0. The Bertz CT molecular complexity index is 1480. The van der Waals surface area contributed by atoms with Gasteiger partial charge >= 0.3 is 0 Å². The number of anilines is 2. The van der Waals surface area contributed by atoms with Crippen LogP contribution < -0.4 is 5.32 Å². The van der Waals surface area contributed by atoms with Gasteiger partial charge in [-0.3, -0.25) is 0 Å². The summed E-state index contributed by atoms with van der Waals surface area (Å²) in [6, 6.07) is 22.8. The number of nitriles is 1. The summed E-state index contributed by atoms with van der Waals surface area (Å²) >= 11 is 6.38. The zero-order valence-corrected chi connectivity index (χ0v) is 17.3. The SMILES string of the molecule is N#CC1(c2ccc(-c3ccc4nc(Nc5cc(Cl)c6cc[nH]c6c5)[nH]c4c3)cc2)CC1. The van der Waals surface area contributed by atoms with Crippen molar-refractivity contribution < 1.29 is 0 Å². The Labute approximate surface area is 183 Å². The van der Waals surface area contributed by atoms with E-state index < -0.39 is 0 Å². The Balaban J connectivity index is 1.29. The van der Waals surface area contributed by atoms with Gasteiger partial charge in [0.1, 0.15) is 0 Å². The van der Waals surface area contributed by atoms with Crippen LogP contribution in [0, 0.1) is 11.3 Å². The highest BCUT2D eigenvalue weighted by molar-refractivity contribution is 6.35. The van der Waals surface area contributed by atoms with Crippen molar-refractivity contribution in [3.05, 3.63) is 77.4 Å². The average molecular weight is 424 g/mol. The Kier molecular flexibility index (Phi) is 3.86. The van der Waals surface area contributed by atoms with Gasteiger partial charge in [-0.25, -0.2) is 4.98 Å². The molecule has 6 rings (SSSR count). The summed E-state index contributed by atoms with van der Waals surface area (Å²) < 4.78 is 0. The number of H-pyrrole nitrogens is 2. The van der Waals surface area contributed by atoms with Crippen LogP contribution in [-0.2, 0) is 5.41 Å². The molecule has 2 aromatic heterocycles. The highest BCUT2D eigenvalue weighted by atomic mass is 35.5. The summed E-state index contributed by atoms with van der Waals surface area (Å²) in [4.78, 5) is 11.2. The van der Waals surface area contributed by atoms with Gasteiger partial charge in [-0.15, -0.1) is 0 Å². The molecule has 1 fully saturated rings. The van der Waals surface area contributed by atoms with Crippen LogP contribution in [-0.4, -0.2) is 15.0 Å². The molecule has 5 aromatic rings. The Morgan fingerprint density at radius 2 is 1.77 bits per heavy atom. The van der Waals surface area contributed by atoms with Gasteiger partial charge in [-0.05, 0) is 59.9 Å². The standard InChI is InChI=1S/C25H18ClN5/c26-20-12-18(13-22-19(20)7-10-28-22)29-24-30-21-6-3-16(11-23(21)31-24)15-1-4-17(5-2-15)25(14-27)8-9-25/h1-7,10-13,28H,8-9H2,(H2,29,30,31). The minimum Gasteiger partial charge on any atom is -0.361 e. The van der Waals surface area contributed by atoms with Gasteiger partial charge in [0.05, 0.1) is 27.5 Å². The van der Waals surface area contributed by atoms with Gasteiger partial charge in [-0.1, -0.05) is 41.9 Å². The lowest BCUT2D eigenvalue weighted by atomic mass is 9.95. The largest absolute Gasteiger partial charge is 0.361 e. The van der Waals surface area contributed by atoms with Crippen LogP contribution in [0.5, 0.6) is 0 Å². The normalized spacial score (nSPS) is 14.6. The fourth-order valence-corrected chi connectivity index (χ4v) is 4.43. The minimum absolute atomic E-state index is 0.252. The maximum absolute atomic E-state index is 9.40. The van der Waals surface area contributed by atoms with Crippen molar-refractivity contribution in [3.63, 3.8) is 0 Å². The van der Waals surface area contributed by atoms with Gasteiger partial charge in [0.15, 0.2) is 0 Å². The molecule has 0 atom stereocenters. The van der Waals surface area contributed by atoms with Crippen LogP contribution in [0.25, 0.3) is 33.1 Å². The fraction of sp³-hybridized carbons (Fsp3) is 0.120. The predicted molar refractivity (Wildman–Crippen MR) is 125 cm³/mol. The molecule has 1 aliphatic rings. The number of aromatic nitrogens is 3. The number of rotatable bonds is 4. The van der Waals surface area contributed by atoms with E-state index in [2.05, 4.69) is 62.7 Å². The number of nitrogens with one attached hydrogen (secondary N) is 3. The zero-order valence-electron chi connectivity index (χ0n) is 16.5. The van der Waals surface area contributed by atoms with E-state index in [0.29, 0.717) is 11.0 Å². The van der Waals surface area contributed by atoms with Gasteiger partial charge < -0.3 is 15.3 Å². The summed E-state index contributed by atoms with van der Waals surface area (Å²) in [6.07, 6.45) is 3.79. The van der Waals surface area contributed by atoms with Gasteiger partial charge in [0.25, 0.3) is 0 Å². The fourth-order valence-electron chi connectivity index (χ4n) is 4.15. The molecule has 1 aliphatic carbocycles. The summed E-state index contributed by atoms with van der Waals surface area (Å²) in [5.74, 6) is 0.661. The van der Waals surface area contributed by atoms with E-state index in [0.717, 1.165) is 57.2 Å². The first-order chi connectivity index (χ1) is 15.1. The molecule has 150 valence electrons. The second-order valence-corrected chi connectivity index (χ2v) is 8.52. The third kappa shape index (κ3) is 3.04. The quantitative estimate of drug-likeness (QED) is 0.302. The summed E-state index contributed by atoms with van der Waals surface area (Å²) in [5, 5.41) is 14.4. The van der Waals surface area contributed by atoms with Crippen molar-refractivity contribution in [3.8, 4) is 17.2 Å². The molecule has 6 heteroatoms. The Hall–Kier alpha value is -3.75. The van der Waals surface area contributed by atoms with Crippen molar-refractivity contribution in [2.45, 2.75) is 18.3 Å². The molecule has 0 unspecified atom stereocenters. The Morgan fingerprint density at radius 1 is 0.968 bits per heavy atom. The molecular formula is C25H18ClN5. The first-order valence-corrected chi connectivity index (χ1v) is 10.6. The number of benzene rings is 3. The van der Waals surface area contributed by atoms with Crippen LogP contribution >= 0.6 is 11.6 Å². The van der Waals surface area contributed by atoms with E-state index in [1.54, 1.807) is 0 Å². The average Bonchev–Trinajstić information content (AvgIpc) is 3.25. The van der Waals surface area contributed by atoms with E-state index in [1.165, 1.54) is 0 Å². The lowest BCUT2D eigenvalue weighted by Gasteiger charge is -2.08. The molecule has 0 saturated heterocycles. The zero-order chi connectivity index (χ0) is 21.0. The molecule has 0 bridgehead atoms. The third-order valence-electron chi connectivity index (χ3n) is 6.10. The third-order valence-corrected chi connectivity index (χ3v) is 6.41. The molecule has 5 nitrogen and oxygen atoms in total. The van der Waals surface area contributed by atoms with Crippen molar-refractivity contribution in [2.75, 3.05) is 5.32 Å². The lowest BCUT2D eigenvalue weighted by Crippen LogP contribution is -2.01. The smallest absolute Gasteiger partial charge is 0.205 e. The topological polar surface area (TPSA) is 80.3 Å². The molecule has 1 saturated carbocycles. The van der Waals surface area contributed by atoms with Crippen LogP contribution in [0.4, 0.5) is 11.6 Å². The van der Waals surface area contributed by atoms with Crippen molar-refractivity contribution in [1.82, 2.24) is 15.0 Å². The first kappa shape index (κ1) is 18.1. The van der Waals surface area contributed by atoms with E-state index >= 15 is 0 Å². The van der Waals surface area contributed by atoms with Crippen LogP contribution in [0.2, 0.25) is 5.02 Å². The maximum Gasteiger partial charge on any atom is 0.205 e. The predicted octanol–water partition coefficient (Wildman–Crippen LogP) is 6.66. The van der Waals surface area contributed by atoms with Gasteiger partial charge in [0, 0.05) is 22.8 Å². The van der Waals surface area contributed by atoms with Crippen LogP contribution in [0.3, 0.4) is 0 Å². The molecule has 3 N–H and O–H groups in total. The molecule has 0 aliphatic heterocycles. The summed E-state index contributed by atoms with van der Waals surface area (Å²) in [7, 11) is 0. The van der Waals surface area contributed by atoms with E-state index in [4.69, 9.17) is 11.6 Å². The number of imidazole rings is 1. The number of hydrogen-bond donors (Lipinski definition) is 3. The van der Waals surface area contributed by atoms with Crippen molar-refractivity contribution in [1.29, 1.82) is 5.26 Å². The second-order valence-electron chi connectivity index (χ2n) is 8.11. The maximum atomic E-state index is 9.40. The van der Waals surface area contributed by atoms with Crippen molar-refractivity contribution in [2.24, 2.45) is 0 Å². The van der Waals surface area contributed by atoms with Gasteiger partial charge in [-0.2, -0.15) is 5.26 Å². The molecule has 3 aromatic carbocycles. The minimum atomic E-state index is -0.252.